The second-order valence-electron chi connectivity index (χ2n) is 8.36. The number of hydrogen-bond acceptors (Lipinski definition) is 12. The first-order chi connectivity index (χ1) is 14.7. The Morgan fingerprint density at radius 2 is 0.581 bits per heavy atom. The Hall–Kier alpha value is -3.44. The lowest BCUT2D eigenvalue weighted by Gasteiger charge is -2.36. The van der Waals surface area contributed by atoms with Gasteiger partial charge in [0.25, 0.3) is 0 Å². The van der Waals surface area contributed by atoms with Crippen molar-refractivity contribution >= 4 is 47.8 Å². The SMILES string of the molecule is O=C1OC(=O)C2CC1C1CC(C(=O)OC1=O)C1C(=O)OC(=O)C1C1CC2C(=O)OC1=O. The molecular weight excluding hydrogens is 420 g/mol. The maximum absolute atomic E-state index is 12.5. The fourth-order valence-electron chi connectivity index (χ4n) is 5.41. The minimum atomic E-state index is -1.47. The van der Waals surface area contributed by atoms with Gasteiger partial charge in [0.15, 0.2) is 0 Å². The molecule has 5 rings (SSSR count). The van der Waals surface area contributed by atoms with Crippen LogP contribution in [0.1, 0.15) is 19.3 Å². The van der Waals surface area contributed by atoms with E-state index in [0.29, 0.717) is 0 Å². The van der Waals surface area contributed by atoms with Gasteiger partial charge in [-0.15, -0.1) is 0 Å². The number of fused-ring (bicyclic) bond motifs is 11. The highest BCUT2D eigenvalue weighted by atomic mass is 16.6. The molecule has 0 spiro atoms. The predicted octanol–water partition coefficient (Wildman–Crippen LogP) is -1.57. The number of carbonyl (C=O) groups excluding carboxylic acids is 8. The number of ether oxygens (including phenoxy) is 4. The summed E-state index contributed by atoms with van der Waals surface area (Å²) in [6, 6.07) is 0. The minimum Gasteiger partial charge on any atom is -0.393 e. The molecule has 0 aromatic heterocycles. The molecular formula is C19H14O12. The van der Waals surface area contributed by atoms with Gasteiger partial charge in [0.2, 0.25) is 0 Å². The Labute approximate surface area is 172 Å². The van der Waals surface area contributed by atoms with Crippen LogP contribution >= 0.6 is 0 Å². The van der Waals surface area contributed by atoms with Crippen molar-refractivity contribution in [1.82, 2.24) is 0 Å². The molecule has 4 saturated heterocycles. The molecule has 162 valence electrons. The molecule has 0 radical (unpaired) electrons. The van der Waals surface area contributed by atoms with E-state index >= 15 is 0 Å². The van der Waals surface area contributed by atoms with Crippen LogP contribution in [0.4, 0.5) is 0 Å². The van der Waals surface area contributed by atoms with Crippen molar-refractivity contribution in [1.29, 1.82) is 0 Å². The lowest BCUT2D eigenvalue weighted by Crippen LogP contribution is -2.49. The summed E-state index contributed by atoms with van der Waals surface area (Å²) in [7, 11) is 0. The van der Waals surface area contributed by atoms with Crippen LogP contribution in [-0.4, -0.2) is 47.8 Å². The highest BCUT2D eigenvalue weighted by molar-refractivity contribution is 6.05. The zero-order valence-corrected chi connectivity index (χ0v) is 15.6. The van der Waals surface area contributed by atoms with Crippen LogP contribution in [0, 0.1) is 47.3 Å². The van der Waals surface area contributed by atoms with Crippen molar-refractivity contribution in [2.24, 2.45) is 47.3 Å². The summed E-state index contributed by atoms with van der Waals surface area (Å²) in [6.07, 6.45) is -0.961. The molecule has 0 aromatic carbocycles. The zero-order valence-electron chi connectivity index (χ0n) is 15.6. The smallest absolute Gasteiger partial charge is 0.318 e. The monoisotopic (exact) mass is 434 g/mol. The Morgan fingerprint density at radius 1 is 0.355 bits per heavy atom. The van der Waals surface area contributed by atoms with E-state index in [4.69, 9.17) is 14.2 Å². The molecule has 4 heterocycles. The highest BCUT2D eigenvalue weighted by Gasteiger charge is 2.63. The van der Waals surface area contributed by atoms with Gasteiger partial charge >= 0.3 is 47.8 Å². The first kappa shape index (κ1) is 19.5. The fourth-order valence-corrected chi connectivity index (χ4v) is 5.41. The van der Waals surface area contributed by atoms with Crippen LogP contribution in [0.2, 0.25) is 0 Å². The third-order valence-electron chi connectivity index (χ3n) is 6.91. The van der Waals surface area contributed by atoms with Crippen LogP contribution in [0.5, 0.6) is 0 Å². The molecule has 6 bridgehead atoms. The van der Waals surface area contributed by atoms with Crippen molar-refractivity contribution in [3.05, 3.63) is 0 Å². The summed E-state index contributed by atoms with van der Waals surface area (Å²) in [5.41, 5.74) is 0. The second kappa shape index (κ2) is 6.53. The third kappa shape index (κ3) is 2.73. The molecule has 1 saturated carbocycles. The first-order valence-corrected chi connectivity index (χ1v) is 9.69. The van der Waals surface area contributed by atoms with Gasteiger partial charge in [-0.25, -0.2) is 0 Å². The maximum Gasteiger partial charge on any atom is 0.318 e. The van der Waals surface area contributed by atoms with Gasteiger partial charge < -0.3 is 18.9 Å². The molecule has 1 aliphatic carbocycles. The average Bonchev–Trinajstić information content (AvgIpc) is 2.96. The lowest BCUT2D eigenvalue weighted by atomic mass is 9.70. The van der Waals surface area contributed by atoms with Gasteiger partial charge in [0.1, 0.15) is 0 Å². The fraction of sp³-hybridized carbons (Fsp3) is 0.579. The first-order valence-electron chi connectivity index (χ1n) is 9.69. The highest BCUT2D eigenvalue weighted by Crippen LogP contribution is 2.49. The van der Waals surface area contributed by atoms with E-state index in [9.17, 15) is 38.4 Å². The molecule has 5 fully saturated rings. The van der Waals surface area contributed by atoms with Crippen molar-refractivity contribution in [3.63, 3.8) is 0 Å². The zero-order chi connectivity index (χ0) is 22.2. The van der Waals surface area contributed by atoms with Gasteiger partial charge in [-0.05, 0) is 19.3 Å². The van der Waals surface area contributed by atoms with E-state index in [0.717, 1.165) is 0 Å². The van der Waals surface area contributed by atoms with Gasteiger partial charge in [0.05, 0.1) is 47.3 Å². The molecule has 12 heteroatoms. The van der Waals surface area contributed by atoms with E-state index in [-0.39, 0.29) is 19.3 Å². The summed E-state index contributed by atoms with van der Waals surface area (Å²) in [4.78, 5) is 99.5. The van der Waals surface area contributed by atoms with Crippen molar-refractivity contribution in [2.75, 3.05) is 0 Å². The Kier molecular flexibility index (Phi) is 4.11. The molecule has 8 atom stereocenters. The van der Waals surface area contributed by atoms with Gasteiger partial charge in [0, 0.05) is 0 Å². The third-order valence-corrected chi connectivity index (χ3v) is 6.91. The minimum absolute atomic E-state index is 0.271. The van der Waals surface area contributed by atoms with E-state index in [1.165, 1.54) is 0 Å². The van der Waals surface area contributed by atoms with Crippen LogP contribution in [0.3, 0.4) is 0 Å². The Balaban J connectivity index is 1.67. The van der Waals surface area contributed by atoms with Crippen LogP contribution in [-0.2, 0) is 57.3 Å². The lowest BCUT2D eigenvalue weighted by molar-refractivity contribution is -0.190. The number of esters is 8. The predicted molar refractivity (Wildman–Crippen MR) is 86.2 cm³/mol. The van der Waals surface area contributed by atoms with E-state index in [2.05, 4.69) is 4.74 Å². The normalized spacial score (nSPS) is 42.1. The Morgan fingerprint density at radius 3 is 0.903 bits per heavy atom. The van der Waals surface area contributed by atoms with Crippen LogP contribution < -0.4 is 0 Å². The summed E-state index contributed by atoms with van der Waals surface area (Å²) in [6.45, 7) is 0. The summed E-state index contributed by atoms with van der Waals surface area (Å²) >= 11 is 0. The summed E-state index contributed by atoms with van der Waals surface area (Å²) in [5, 5.41) is 0. The second-order valence-corrected chi connectivity index (χ2v) is 8.36. The van der Waals surface area contributed by atoms with Gasteiger partial charge in [-0.1, -0.05) is 0 Å². The number of carbonyl (C=O) groups is 8. The molecule has 8 unspecified atom stereocenters. The van der Waals surface area contributed by atoms with Crippen molar-refractivity contribution in [2.45, 2.75) is 19.3 Å². The number of cyclic esters (lactones) is 8. The van der Waals surface area contributed by atoms with E-state index in [1.807, 2.05) is 0 Å². The maximum atomic E-state index is 12.5. The molecule has 4 aliphatic heterocycles. The average molecular weight is 434 g/mol. The Bertz CT molecular complexity index is 918. The van der Waals surface area contributed by atoms with E-state index in [1.54, 1.807) is 0 Å². The van der Waals surface area contributed by atoms with Crippen LogP contribution in [0.25, 0.3) is 0 Å². The molecule has 0 N–H and O–H groups in total. The largest absolute Gasteiger partial charge is 0.393 e. The topological polar surface area (TPSA) is 173 Å². The standard InChI is InChI=1S/C19H14O12/c20-12-4-1-5(13(21)28-12)7-3-9(17(25)30-15(7)23)11-10(18(26)31-19(11)27)8-2-6(4)14(22)29-16(8)24/h4-11H,1-3H2. The molecule has 0 amide bonds. The van der Waals surface area contributed by atoms with Crippen LogP contribution in [0.15, 0.2) is 0 Å². The van der Waals surface area contributed by atoms with Crippen molar-refractivity contribution < 1.29 is 57.3 Å². The number of hydrogen-bond donors (Lipinski definition) is 0. The van der Waals surface area contributed by atoms with Crippen molar-refractivity contribution in [3.8, 4) is 0 Å². The van der Waals surface area contributed by atoms with Gasteiger partial charge in [-0.3, -0.25) is 38.4 Å². The van der Waals surface area contributed by atoms with E-state index < -0.39 is 95.1 Å². The summed E-state index contributed by atoms with van der Waals surface area (Å²) in [5.74, 6) is -19.0. The quantitative estimate of drug-likeness (QED) is 0.244. The van der Waals surface area contributed by atoms with Gasteiger partial charge in [-0.2, -0.15) is 0 Å². The number of rotatable bonds is 0. The summed E-state index contributed by atoms with van der Waals surface area (Å²) < 4.78 is 19.0. The molecule has 0 aromatic rings. The molecule has 31 heavy (non-hydrogen) atoms. The molecule has 12 nitrogen and oxygen atoms in total. The molecule has 5 aliphatic rings.